The molecule has 0 spiro atoms. The van der Waals surface area contributed by atoms with Crippen LogP contribution in [0.2, 0.25) is 0 Å². The summed E-state index contributed by atoms with van der Waals surface area (Å²) in [4.78, 5) is 2.61. The zero-order valence-electron chi connectivity index (χ0n) is 11.4. The number of rotatable bonds is 4. The topological polar surface area (TPSA) is 15.3 Å². The Kier molecular flexibility index (Phi) is 4.82. The van der Waals surface area contributed by atoms with Crippen molar-refractivity contribution >= 4 is 15.9 Å². The molecule has 1 aromatic carbocycles. The smallest absolute Gasteiger partial charge is 0.0278 e. The summed E-state index contributed by atoms with van der Waals surface area (Å²) in [5.74, 6) is 0. The number of hydrogen-bond donors (Lipinski definition) is 1. The highest BCUT2D eigenvalue weighted by Gasteiger charge is 2.28. The van der Waals surface area contributed by atoms with Crippen LogP contribution in [0.25, 0.3) is 0 Å². The quantitative estimate of drug-likeness (QED) is 0.919. The van der Waals surface area contributed by atoms with Crippen molar-refractivity contribution in [2.24, 2.45) is 0 Å². The average molecular weight is 311 g/mol. The van der Waals surface area contributed by atoms with Crippen molar-refractivity contribution < 1.29 is 0 Å². The van der Waals surface area contributed by atoms with Crippen molar-refractivity contribution in [1.29, 1.82) is 0 Å². The molecule has 0 unspecified atom stereocenters. The van der Waals surface area contributed by atoms with E-state index in [1.165, 1.54) is 29.5 Å². The van der Waals surface area contributed by atoms with Gasteiger partial charge in [0.2, 0.25) is 0 Å². The van der Waals surface area contributed by atoms with E-state index in [0.29, 0.717) is 5.54 Å². The minimum atomic E-state index is 0.298. The highest BCUT2D eigenvalue weighted by molar-refractivity contribution is 9.10. The number of benzene rings is 1. The summed E-state index contributed by atoms with van der Waals surface area (Å²) in [6.45, 7) is 9.24. The van der Waals surface area contributed by atoms with Gasteiger partial charge in [0.1, 0.15) is 0 Å². The van der Waals surface area contributed by atoms with Gasteiger partial charge in [0.25, 0.3) is 0 Å². The Balaban J connectivity index is 1.83. The Bertz CT molecular complexity index is 390. The molecule has 18 heavy (non-hydrogen) atoms. The predicted octanol–water partition coefficient (Wildman–Crippen LogP) is 3.07. The monoisotopic (exact) mass is 310 g/mol. The molecule has 3 heteroatoms. The Morgan fingerprint density at radius 1 is 1.33 bits per heavy atom. The third-order valence-electron chi connectivity index (χ3n) is 3.80. The van der Waals surface area contributed by atoms with E-state index in [2.05, 4.69) is 64.3 Å². The van der Waals surface area contributed by atoms with Crippen LogP contribution < -0.4 is 5.32 Å². The lowest BCUT2D eigenvalue weighted by Gasteiger charge is -2.43. The molecular formula is C15H23BrN2. The fourth-order valence-electron chi connectivity index (χ4n) is 2.60. The number of piperazine rings is 1. The minimum Gasteiger partial charge on any atom is -0.314 e. The Hall–Kier alpha value is -0.380. The highest BCUT2D eigenvalue weighted by Crippen LogP contribution is 2.20. The molecule has 100 valence electrons. The zero-order valence-corrected chi connectivity index (χ0v) is 13.0. The molecule has 1 N–H and O–H groups in total. The van der Waals surface area contributed by atoms with Crippen LogP contribution in [0.3, 0.4) is 0 Å². The maximum atomic E-state index is 3.62. The first-order valence-corrected chi connectivity index (χ1v) is 7.58. The normalized spacial score (nSPS) is 19.9. The Morgan fingerprint density at radius 3 is 2.83 bits per heavy atom. The molecule has 0 saturated carbocycles. The molecule has 0 bridgehead atoms. The molecule has 1 aliphatic heterocycles. The third-order valence-corrected chi connectivity index (χ3v) is 4.58. The largest absolute Gasteiger partial charge is 0.314 e. The number of halogens is 1. The fourth-order valence-corrected chi connectivity index (χ4v) is 3.08. The number of nitrogens with one attached hydrogen (secondary N) is 1. The SMILES string of the molecule is CC1(C)CNCCN1CCCc1ccccc1Br. The van der Waals surface area contributed by atoms with Gasteiger partial charge in [-0.15, -0.1) is 0 Å². The molecule has 0 aliphatic carbocycles. The van der Waals surface area contributed by atoms with Crippen LogP contribution >= 0.6 is 15.9 Å². The van der Waals surface area contributed by atoms with E-state index in [0.717, 1.165) is 19.5 Å². The first-order chi connectivity index (χ1) is 8.59. The van der Waals surface area contributed by atoms with Gasteiger partial charge in [-0.2, -0.15) is 0 Å². The third kappa shape index (κ3) is 3.56. The Morgan fingerprint density at radius 2 is 2.11 bits per heavy atom. The van der Waals surface area contributed by atoms with E-state index >= 15 is 0 Å². The standard InChI is InChI=1S/C15H23BrN2/c1-15(2)12-17-9-11-18(15)10-5-7-13-6-3-4-8-14(13)16/h3-4,6,8,17H,5,7,9-12H2,1-2H3. The van der Waals surface area contributed by atoms with Crippen LogP contribution in [-0.2, 0) is 6.42 Å². The van der Waals surface area contributed by atoms with Crippen LogP contribution in [0.15, 0.2) is 28.7 Å². The zero-order chi connectivity index (χ0) is 13.0. The van der Waals surface area contributed by atoms with Gasteiger partial charge in [0.15, 0.2) is 0 Å². The fraction of sp³-hybridized carbons (Fsp3) is 0.600. The maximum Gasteiger partial charge on any atom is 0.0278 e. The molecule has 1 saturated heterocycles. The lowest BCUT2D eigenvalue weighted by molar-refractivity contribution is 0.0895. The van der Waals surface area contributed by atoms with E-state index in [1.54, 1.807) is 0 Å². The van der Waals surface area contributed by atoms with Gasteiger partial charge >= 0.3 is 0 Å². The van der Waals surface area contributed by atoms with E-state index < -0.39 is 0 Å². The molecule has 0 amide bonds. The van der Waals surface area contributed by atoms with E-state index in [4.69, 9.17) is 0 Å². The summed E-state index contributed by atoms with van der Waals surface area (Å²) in [5, 5.41) is 3.47. The van der Waals surface area contributed by atoms with E-state index in [9.17, 15) is 0 Å². The molecule has 0 radical (unpaired) electrons. The van der Waals surface area contributed by atoms with Gasteiger partial charge in [0.05, 0.1) is 0 Å². The van der Waals surface area contributed by atoms with E-state index in [1.807, 2.05) is 0 Å². The van der Waals surface area contributed by atoms with Crippen molar-refractivity contribution in [2.45, 2.75) is 32.2 Å². The maximum absolute atomic E-state index is 3.62. The summed E-state index contributed by atoms with van der Waals surface area (Å²) >= 11 is 3.62. The van der Waals surface area contributed by atoms with Gasteiger partial charge in [-0.3, -0.25) is 4.90 Å². The molecule has 1 aliphatic rings. The van der Waals surface area contributed by atoms with Crippen molar-refractivity contribution in [1.82, 2.24) is 10.2 Å². The number of hydrogen-bond acceptors (Lipinski definition) is 2. The van der Waals surface area contributed by atoms with Crippen molar-refractivity contribution in [3.8, 4) is 0 Å². The van der Waals surface area contributed by atoms with Crippen LogP contribution in [0.5, 0.6) is 0 Å². The summed E-state index contributed by atoms with van der Waals surface area (Å²) in [5.41, 5.74) is 1.72. The summed E-state index contributed by atoms with van der Waals surface area (Å²) in [7, 11) is 0. The van der Waals surface area contributed by atoms with Crippen LogP contribution in [0.4, 0.5) is 0 Å². The molecule has 1 aromatic rings. The molecule has 0 aromatic heterocycles. The predicted molar refractivity (Wildman–Crippen MR) is 81.0 cm³/mol. The molecular weight excluding hydrogens is 288 g/mol. The second-order valence-corrected chi connectivity index (χ2v) is 6.53. The first kappa shape index (κ1) is 14.0. The lowest BCUT2D eigenvalue weighted by Crippen LogP contribution is -2.58. The molecule has 1 heterocycles. The highest BCUT2D eigenvalue weighted by atomic mass is 79.9. The van der Waals surface area contributed by atoms with Gasteiger partial charge in [-0.25, -0.2) is 0 Å². The van der Waals surface area contributed by atoms with Gasteiger partial charge in [-0.05, 0) is 44.9 Å². The van der Waals surface area contributed by atoms with Gasteiger partial charge < -0.3 is 5.32 Å². The van der Waals surface area contributed by atoms with Crippen molar-refractivity contribution in [3.05, 3.63) is 34.3 Å². The average Bonchev–Trinajstić information content (AvgIpc) is 2.33. The molecule has 1 fully saturated rings. The molecule has 2 rings (SSSR count). The van der Waals surface area contributed by atoms with E-state index in [-0.39, 0.29) is 0 Å². The van der Waals surface area contributed by atoms with Crippen LogP contribution in [0, 0.1) is 0 Å². The second kappa shape index (κ2) is 6.18. The van der Waals surface area contributed by atoms with Crippen molar-refractivity contribution in [2.75, 3.05) is 26.2 Å². The lowest BCUT2D eigenvalue weighted by atomic mass is 9.99. The van der Waals surface area contributed by atoms with Gasteiger partial charge in [0, 0.05) is 29.6 Å². The summed E-state index contributed by atoms with van der Waals surface area (Å²) in [6, 6.07) is 8.54. The van der Waals surface area contributed by atoms with Crippen LogP contribution in [0.1, 0.15) is 25.8 Å². The second-order valence-electron chi connectivity index (χ2n) is 5.67. The first-order valence-electron chi connectivity index (χ1n) is 6.79. The van der Waals surface area contributed by atoms with Crippen LogP contribution in [-0.4, -0.2) is 36.6 Å². The molecule has 2 nitrogen and oxygen atoms in total. The number of nitrogens with zero attached hydrogens (tertiary/aromatic N) is 1. The van der Waals surface area contributed by atoms with Gasteiger partial charge in [-0.1, -0.05) is 34.1 Å². The Labute approximate surface area is 119 Å². The van der Waals surface area contributed by atoms with Crippen molar-refractivity contribution in [3.63, 3.8) is 0 Å². The molecule has 0 atom stereocenters. The summed E-state index contributed by atoms with van der Waals surface area (Å²) in [6.07, 6.45) is 2.38. The number of aryl methyl sites for hydroxylation is 1. The minimum absolute atomic E-state index is 0.298. The summed E-state index contributed by atoms with van der Waals surface area (Å²) < 4.78 is 1.24.